The third-order valence-electron chi connectivity index (χ3n) is 1.36. The first-order chi connectivity index (χ1) is 4.13. The lowest BCUT2D eigenvalue weighted by Crippen LogP contribution is -2.44. The number of rotatable bonds is 0. The maximum Gasteiger partial charge on any atom is 0.139 e. The first-order valence-corrected chi connectivity index (χ1v) is 2.89. The zero-order valence-electron chi connectivity index (χ0n) is 5.70. The zero-order valence-corrected chi connectivity index (χ0v) is 5.70. The number of hydrogen-bond acceptors (Lipinski definition) is 3. The second-order valence-corrected chi connectivity index (χ2v) is 2.52. The Morgan fingerprint density at radius 1 is 1.56 bits per heavy atom. The maximum absolute atomic E-state index is 5.55. The van der Waals surface area contributed by atoms with Crippen LogP contribution in [0, 0.1) is 0 Å². The van der Waals surface area contributed by atoms with E-state index >= 15 is 0 Å². The minimum Gasteiger partial charge on any atom is -0.292 e. The average molecular weight is 125 g/mol. The van der Waals surface area contributed by atoms with Gasteiger partial charge >= 0.3 is 0 Å². The average Bonchev–Trinajstić information content (AvgIpc) is 1.77. The molecule has 1 aliphatic rings. The molecule has 0 radical (unpaired) electrons. The van der Waals surface area contributed by atoms with Gasteiger partial charge in [-0.2, -0.15) is 0 Å². The van der Waals surface area contributed by atoms with Crippen molar-refractivity contribution in [2.45, 2.75) is 19.5 Å². The van der Waals surface area contributed by atoms with E-state index in [0.717, 1.165) is 0 Å². The Hall–Kier alpha value is -0.830. The summed E-state index contributed by atoms with van der Waals surface area (Å²) in [4.78, 5) is 4.13. The van der Waals surface area contributed by atoms with E-state index in [1.165, 1.54) is 0 Å². The summed E-state index contributed by atoms with van der Waals surface area (Å²) >= 11 is 0. The van der Waals surface area contributed by atoms with Crippen LogP contribution in [0.3, 0.4) is 0 Å². The highest BCUT2D eigenvalue weighted by molar-refractivity contribution is 5.72. The summed E-state index contributed by atoms with van der Waals surface area (Å²) in [5.74, 6) is 5.55. The highest BCUT2D eigenvalue weighted by Crippen LogP contribution is 2.13. The minimum absolute atomic E-state index is 0.269. The molecule has 3 heteroatoms. The van der Waals surface area contributed by atoms with Crippen LogP contribution in [0.15, 0.2) is 17.3 Å². The molecule has 0 aromatic rings. The van der Waals surface area contributed by atoms with Crippen molar-refractivity contribution >= 4 is 6.21 Å². The van der Waals surface area contributed by atoms with Crippen LogP contribution in [0.4, 0.5) is 0 Å². The van der Waals surface area contributed by atoms with E-state index in [9.17, 15) is 0 Å². The molecule has 0 aromatic carbocycles. The molecule has 0 aliphatic carbocycles. The molecule has 0 saturated carbocycles. The molecule has 50 valence electrons. The molecule has 1 heterocycles. The van der Waals surface area contributed by atoms with Crippen molar-refractivity contribution in [3.63, 3.8) is 0 Å². The first kappa shape index (κ1) is 6.29. The molecule has 0 spiro atoms. The molecule has 1 rings (SSSR count). The number of nitrogens with zero attached hydrogens (tertiary/aromatic N) is 2. The summed E-state index contributed by atoms with van der Waals surface area (Å²) in [6.45, 7) is 3.90. The molecule has 1 aliphatic heterocycles. The maximum atomic E-state index is 5.55. The molecule has 0 unspecified atom stereocenters. The van der Waals surface area contributed by atoms with Crippen LogP contribution < -0.4 is 5.84 Å². The Morgan fingerprint density at radius 3 is 2.56 bits per heavy atom. The second-order valence-electron chi connectivity index (χ2n) is 2.52. The highest BCUT2D eigenvalue weighted by Gasteiger charge is 2.20. The number of hydrazine groups is 1. The van der Waals surface area contributed by atoms with Gasteiger partial charge in [-0.05, 0) is 19.9 Å². The largest absolute Gasteiger partial charge is 0.292 e. The molecular weight excluding hydrogens is 114 g/mol. The van der Waals surface area contributed by atoms with E-state index in [1.807, 2.05) is 19.9 Å². The standard InChI is InChI=1S/C6H11N3/c1-6(2)8-4-3-5-9(6)7/h3-5H,7H2,1-2H3. The summed E-state index contributed by atoms with van der Waals surface area (Å²) in [5.41, 5.74) is -0.269. The molecule has 2 N–H and O–H groups in total. The van der Waals surface area contributed by atoms with Crippen molar-refractivity contribution in [1.82, 2.24) is 5.01 Å². The van der Waals surface area contributed by atoms with Gasteiger partial charge in [0.1, 0.15) is 5.66 Å². The van der Waals surface area contributed by atoms with Gasteiger partial charge in [-0.3, -0.25) is 10.0 Å². The van der Waals surface area contributed by atoms with Crippen molar-refractivity contribution < 1.29 is 0 Å². The van der Waals surface area contributed by atoms with E-state index in [0.29, 0.717) is 0 Å². The Kier molecular flexibility index (Phi) is 1.29. The van der Waals surface area contributed by atoms with Crippen LogP contribution in [-0.2, 0) is 0 Å². The molecule has 9 heavy (non-hydrogen) atoms. The summed E-state index contributed by atoms with van der Waals surface area (Å²) in [7, 11) is 0. The number of aliphatic imine (C=N–C) groups is 1. The van der Waals surface area contributed by atoms with Gasteiger partial charge in [0.2, 0.25) is 0 Å². The fourth-order valence-corrected chi connectivity index (χ4v) is 0.606. The van der Waals surface area contributed by atoms with Gasteiger partial charge in [-0.15, -0.1) is 0 Å². The second kappa shape index (κ2) is 1.84. The van der Waals surface area contributed by atoms with Crippen molar-refractivity contribution in [2.24, 2.45) is 10.8 Å². The lowest BCUT2D eigenvalue weighted by molar-refractivity contribution is 0.196. The number of hydrogen-bond donors (Lipinski definition) is 1. The molecule has 3 nitrogen and oxygen atoms in total. The predicted molar refractivity (Wildman–Crippen MR) is 37.7 cm³/mol. The SMILES string of the molecule is CC1(C)N=CC=CN1N. The van der Waals surface area contributed by atoms with Gasteiger partial charge in [0.15, 0.2) is 0 Å². The molecule has 0 fully saturated rings. The molecule has 0 aromatic heterocycles. The minimum atomic E-state index is -0.269. The predicted octanol–water partition coefficient (Wildman–Crippen LogP) is 0.496. The van der Waals surface area contributed by atoms with E-state index in [4.69, 9.17) is 5.84 Å². The van der Waals surface area contributed by atoms with Gasteiger partial charge in [0, 0.05) is 12.4 Å². The van der Waals surface area contributed by atoms with Crippen LogP contribution in [0.1, 0.15) is 13.8 Å². The third-order valence-corrected chi connectivity index (χ3v) is 1.36. The fraction of sp³-hybridized carbons (Fsp3) is 0.500. The lowest BCUT2D eigenvalue weighted by Gasteiger charge is -2.31. The number of allylic oxidation sites excluding steroid dienone is 1. The first-order valence-electron chi connectivity index (χ1n) is 2.89. The van der Waals surface area contributed by atoms with Crippen molar-refractivity contribution in [2.75, 3.05) is 0 Å². The molecular formula is C6H11N3. The zero-order chi connectivity index (χ0) is 6.91. The van der Waals surface area contributed by atoms with E-state index in [2.05, 4.69) is 4.99 Å². The van der Waals surface area contributed by atoms with E-state index in [1.54, 1.807) is 17.4 Å². The fourth-order valence-electron chi connectivity index (χ4n) is 0.606. The van der Waals surface area contributed by atoms with Crippen LogP contribution in [0.5, 0.6) is 0 Å². The molecule has 0 saturated heterocycles. The summed E-state index contributed by atoms with van der Waals surface area (Å²) in [6, 6.07) is 0. The van der Waals surface area contributed by atoms with Gasteiger partial charge in [-0.1, -0.05) is 0 Å². The van der Waals surface area contributed by atoms with Gasteiger partial charge < -0.3 is 0 Å². The van der Waals surface area contributed by atoms with Crippen LogP contribution in [0.2, 0.25) is 0 Å². The van der Waals surface area contributed by atoms with Crippen molar-refractivity contribution in [3.8, 4) is 0 Å². The Balaban J connectivity index is 2.78. The third kappa shape index (κ3) is 1.10. The summed E-state index contributed by atoms with van der Waals surface area (Å²) in [6.07, 6.45) is 5.36. The Labute approximate surface area is 54.8 Å². The molecule has 0 atom stereocenters. The van der Waals surface area contributed by atoms with Crippen molar-refractivity contribution in [3.05, 3.63) is 12.3 Å². The molecule has 0 amide bonds. The summed E-state index contributed by atoms with van der Waals surface area (Å²) < 4.78 is 0. The van der Waals surface area contributed by atoms with E-state index in [-0.39, 0.29) is 5.66 Å². The molecule has 0 bridgehead atoms. The van der Waals surface area contributed by atoms with Crippen LogP contribution >= 0.6 is 0 Å². The monoisotopic (exact) mass is 125 g/mol. The normalized spacial score (nSPS) is 22.8. The highest BCUT2D eigenvalue weighted by atomic mass is 15.5. The van der Waals surface area contributed by atoms with Crippen LogP contribution in [0.25, 0.3) is 0 Å². The van der Waals surface area contributed by atoms with Gasteiger partial charge in [0.05, 0.1) is 0 Å². The topological polar surface area (TPSA) is 41.6 Å². The van der Waals surface area contributed by atoms with Crippen molar-refractivity contribution in [1.29, 1.82) is 0 Å². The number of nitrogens with two attached hydrogens (primary N) is 1. The van der Waals surface area contributed by atoms with Crippen LogP contribution in [-0.4, -0.2) is 16.9 Å². The Bertz CT molecular complexity index is 158. The smallest absolute Gasteiger partial charge is 0.139 e. The summed E-state index contributed by atoms with van der Waals surface area (Å²) in [5, 5.41) is 1.58. The van der Waals surface area contributed by atoms with Gasteiger partial charge in [0.25, 0.3) is 0 Å². The van der Waals surface area contributed by atoms with E-state index < -0.39 is 0 Å². The quantitative estimate of drug-likeness (QED) is 0.479. The Morgan fingerprint density at radius 2 is 2.22 bits per heavy atom. The lowest BCUT2D eigenvalue weighted by atomic mass is 10.2. The van der Waals surface area contributed by atoms with Gasteiger partial charge in [-0.25, -0.2) is 5.84 Å².